The van der Waals surface area contributed by atoms with Crippen molar-refractivity contribution in [3.63, 3.8) is 0 Å². The van der Waals surface area contributed by atoms with Gasteiger partial charge in [0.15, 0.2) is 0 Å². The molecule has 3 aromatic carbocycles. The fraction of sp³-hybridized carbons (Fsp3) is 0.269. The second-order valence-corrected chi connectivity index (χ2v) is 7.88. The number of hydrogen-bond donors (Lipinski definition) is 1. The van der Waals surface area contributed by atoms with Crippen LogP contribution in [0.3, 0.4) is 0 Å². The van der Waals surface area contributed by atoms with E-state index in [9.17, 15) is 4.79 Å². The lowest BCUT2D eigenvalue weighted by molar-refractivity contribution is 0.0697. The van der Waals surface area contributed by atoms with Crippen molar-refractivity contribution < 1.29 is 9.90 Å². The van der Waals surface area contributed by atoms with Crippen molar-refractivity contribution in [3.8, 4) is 0 Å². The molecule has 0 radical (unpaired) electrons. The van der Waals surface area contributed by atoms with E-state index < -0.39 is 5.97 Å². The maximum atomic E-state index is 11.1. The first-order valence-corrected chi connectivity index (χ1v) is 10.4. The molecule has 1 saturated heterocycles. The molecule has 29 heavy (non-hydrogen) atoms. The van der Waals surface area contributed by atoms with Crippen molar-refractivity contribution in [3.05, 3.63) is 107 Å². The van der Waals surface area contributed by atoms with Gasteiger partial charge in [-0.05, 0) is 60.7 Å². The smallest absolute Gasteiger partial charge is 0.335 e. The highest BCUT2D eigenvalue weighted by Gasteiger charge is 2.24. The van der Waals surface area contributed by atoms with Crippen LogP contribution in [0.1, 0.15) is 51.7 Å². The third-order valence-corrected chi connectivity index (χ3v) is 6.06. The Labute approximate surface area is 172 Å². The summed E-state index contributed by atoms with van der Waals surface area (Å²) in [5, 5.41) is 9.09. The molecule has 1 aliphatic rings. The van der Waals surface area contributed by atoms with Gasteiger partial charge in [0.05, 0.1) is 5.56 Å². The van der Waals surface area contributed by atoms with E-state index in [4.69, 9.17) is 5.11 Å². The molecule has 0 unspecified atom stereocenters. The number of rotatable bonds is 6. The number of aromatic carboxylic acids is 1. The van der Waals surface area contributed by atoms with Gasteiger partial charge in [-0.15, -0.1) is 0 Å². The van der Waals surface area contributed by atoms with Crippen molar-refractivity contribution in [1.82, 2.24) is 4.90 Å². The third-order valence-electron chi connectivity index (χ3n) is 6.06. The number of piperidine rings is 1. The summed E-state index contributed by atoms with van der Waals surface area (Å²) in [6.45, 7) is 3.17. The minimum atomic E-state index is -0.862. The molecule has 0 aromatic heterocycles. The van der Waals surface area contributed by atoms with E-state index in [0.29, 0.717) is 17.4 Å². The van der Waals surface area contributed by atoms with Crippen LogP contribution in [0, 0.1) is 0 Å². The normalized spacial score (nSPS) is 15.5. The van der Waals surface area contributed by atoms with E-state index in [1.807, 2.05) is 12.1 Å². The van der Waals surface area contributed by atoms with Crippen molar-refractivity contribution in [1.29, 1.82) is 0 Å². The number of hydrogen-bond acceptors (Lipinski definition) is 2. The van der Waals surface area contributed by atoms with Crippen LogP contribution in [0.5, 0.6) is 0 Å². The Morgan fingerprint density at radius 3 is 1.83 bits per heavy atom. The first kappa shape index (κ1) is 19.4. The molecule has 0 aliphatic carbocycles. The van der Waals surface area contributed by atoms with E-state index in [2.05, 4.69) is 65.6 Å². The van der Waals surface area contributed by atoms with Crippen LogP contribution in [0.2, 0.25) is 0 Å². The van der Waals surface area contributed by atoms with Crippen LogP contribution in [-0.2, 0) is 0 Å². The summed E-state index contributed by atoms with van der Waals surface area (Å²) in [4.78, 5) is 13.6. The largest absolute Gasteiger partial charge is 0.478 e. The summed E-state index contributed by atoms with van der Waals surface area (Å²) in [6.07, 6.45) is 2.23. The lowest BCUT2D eigenvalue weighted by Crippen LogP contribution is -2.36. The molecule has 1 heterocycles. The van der Waals surface area contributed by atoms with Crippen LogP contribution in [0.25, 0.3) is 0 Å². The predicted octanol–water partition coefficient (Wildman–Crippen LogP) is 5.40. The average Bonchev–Trinajstić information content (AvgIpc) is 2.79. The Bertz CT molecular complexity index is 874. The zero-order valence-electron chi connectivity index (χ0n) is 16.6. The van der Waals surface area contributed by atoms with Gasteiger partial charge in [-0.25, -0.2) is 4.79 Å². The average molecular weight is 386 g/mol. The number of carboxylic acids is 1. The Balaban J connectivity index is 1.42. The monoisotopic (exact) mass is 385 g/mol. The fourth-order valence-corrected chi connectivity index (χ4v) is 4.38. The van der Waals surface area contributed by atoms with Gasteiger partial charge in [-0.2, -0.15) is 0 Å². The molecule has 148 valence electrons. The van der Waals surface area contributed by atoms with Gasteiger partial charge in [-0.1, -0.05) is 72.8 Å². The second kappa shape index (κ2) is 9.06. The summed E-state index contributed by atoms with van der Waals surface area (Å²) in [6, 6.07) is 29.0. The maximum Gasteiger partial charge on any atom is 0.335 e. The van der Waals surface area contributed by atoms with Gasteiger partial charge in [0.1, 0.15) is 0 Å². The minimum Gasteiger partial charge on any atom is -0.478 e. The number of nitrogens with zero attached hydrogens (tertiary/aromatic N) is 1. The van der Waals surface area contributed by atoms with E-state index in [1.54, 1.807) is 12.1 Å². The van der Waals surface area contributed by atoms with Gasteiger partial charge < -0.3 is 10.0 Å². The molecule has 1 fully saturated rings. The van der Waals surface area contributed by atoms with Crippen molar-refractivity contribution in [2.75, 3.05) is 19.6 Å². The van der Waals surface area contributed by atoms with Gasteiger partial charge in [0.2, 0.25) is 0 Å². The predicted molar refractivity (Wildman–Crippen MR) is 117 cm³/mol. The third kappa shape index (κ3) is 4.75. The number of carboxylic acid groups (broad SMARTS) is 1. The summed E-state index contributed by atoms with van der Waals surface area (Å²) in [5.41, 5.74) is 4.35. The molecule has 0 atom stereocenters. The lowest BCUT2D eigenvalue weighted by Gasteiger charge is -2.35. The van der Waals surface area contributed by atoms with Gasteiger partial charge in [-0.3, -0.25) is 0 Å². The second-order valence-electron chi connectivity index (χ2n) is 7.88. The molecule has 4 rings (SSSR count). The molecule has 3 aromatic rings. The summed E-state index contributed by atoms with van der Waals surface area (Å²) in [5.74, 6) is 0.0315. The van der Waals surface area contributed by atoms with Crippen LogP contribution < -0.4 is 0 Å². The van der Waals surface area contributed by atoms with Crippen molar-refractivity contribution >= 4 is 5.97 Å². The molecule has 0 spiro atoms. The summed E-state index contributed by atoms with van der Waals surface area (Å²) >= 11 is 0. The van der Waals surface area contributed by atoms with E-state index in [0.717, 1.165) is 32.5 Å². The molecular weight excluding hydrogens is 358 g/mol. The molecule has 1 N–H and O–H groups in total. The van der Waals surface area contributed by atoms with Gasteiger partial charge >= 0.3 is 5.97 Å². The van der Waals surface area contributed by atoms with Gasteiger partial charge in [0.25, 0.3) is 0 Å². The summed E-state index contributed by atoms with van der Waals surface area (Å²) < 4.78 is 0. The maximum absolute atomic E-state index is 11.1. The van der Waals surface area contributed by atoms with Crippen molar-refractivity contribution in [2.45, 2.75) is 24.7 Å². The molecular formula is C26H27NO2. The molecule has 0 amide bonds. The number of carbonyl (C=O) groups is 1. The number of benzene rings is 3. The zero-order chi connectivity index (χ0) is 20.1. The van der Waals surface area contributed by atoms with Crippen LogP contribution in [0.15, 0.2) is 84.9 Å². The zero-order valence-corrected chi connectivity index (χ0v) is 16.6. The standard InChI is InChI=1S/C26H27NO2/c28-26(29)24-13-11-20(12-14-24)21-15-17-27(18-16-21)19-25(22-7-3-1-4-8-22)23-9-5-2-6-10-23/h1-14,21,25H,15-19H2,(H,28,29). The SMILES string of the molecule is O=C(O)c1ccc(C2CCN(CC(c3ccccc3)c3ccccc3)CC2)cc1. The topological polar surface area (TPSA) is 40.5 Å². The summed E-state index contributed by atoms with van der Waals surface area (Å²) in [7, 11) is 0. The Morgan fingerprint density at radius 1 is 0.828 bits per heavy atom. The Kier molecular flexibility index (Phi) is 6.06. The van der Waals surface area contributed by atoms with Crippen LogP contribution >= 0.6 is 0 Å². The fourth-order valence-electron chi connectivity index (χ4n) is 4.38. The van der Waals surface area contributed by atoms with E-state index in [1.165, 1.54) is 16.7 Å². The molecule has 3 nitrogen and oxygen atoms in total. The van der Waals surface area contributed by atoms with Gasteiger partial charge in [0, 0.05) is 12.5 Å². The highest BCUT2D eigenvalue weighted by atomic mass is 16.4. The van der Waals surface area contributed by atoms with Crippen LogP contribution in [-0.4, -0.2) is 35.6 Å². The molecule has 1 aliphatic heterocycles. The molecule has 0 saturated carbocycles. The lowest BCUT2D eigenvalue weighted by atomic mass is 9.87. The van der Waals surface area contributed by atoms with Crippen molar-refractivity contribution in [2.24, 2.45) is 0 Å². The minimum absolute atomic E-state index is 0.361. The molecule has 0 bridgehead atoms. The van der Waals surface area contributed by atoms with E-state index >= 15 is 0 Å². The first-order chi connectivity index (χ1) is 14.2. The quantitative estimate of drug-likeness (QED) is 0.618. The Morgan fingerprint density at radius 2 is 1.34 bits per heavy atom. The number of likely N-dealkylation sites (tertiary alicyclic amines) is 1. The molecule has 3 heteroatoms. The first-order valence-electron chi connectivity index (χ1n) is 10.4. The highest BCUT2D eigenvalue weighted by Crippen LogP contribution is 2.31. The van der Waals surface area contributed by atoms with E-state index in [-0.39, 0.29) is 0 Å². The van der Waals surface area contributed by atoms with Crippen LogP contribution in [0.4, 0.5) is 0 Å². The Hall–Kier alpha value is -2.91. The highest BCUT2D eigenvalue weighted by molar-refractivity contribution is 5.87.